The van der Waals surface area contributed by atoms with Gasteiger partial charge in [-0.25, -0.2) is 8.42 Å². The summed E-state index contributed by atoms with van der Waals surface area (Å²) in [5.41, 5.74) is 6.60. The molecule has 0 spiro atoms. The van der Waals surface area contributed by atoms with Gasteiger partial charge in [-0.05, 0) is 31.5 Å². The van der Waals surface area contributed by atoms with Gasteiger partial charge in [0.15, 0.2) is 0 Å². The Morgan fingerprint density at radius 1 is 1.25 bits per heavy atom. The molecule has 0 amide bonds. The number of anilines is 1. The molecule has 114 valence electrons. The summed E-state index contributed by atoms with van der Waals surface area (Å²) < 4.78 is 27.6. The van der Waals surface area contributed by atoms with Crippen LogP contribution in [0.15, 0.2) is 24.3 Å². The van der Waals surface area contributed by atoms with Crippen molar-refractivity contribution in [2.45, 2.75) is 12.8 Å². The van der Waals surface area contributed by atoms with Crippen molar-refractivity contribution in [3.05, 3.63) is 24.3 Å². The van der Waals surface area contributed by atoms with Crippen LogP contribution in [0, 0.1) is 0 Å². The molecule has 1 aromatic rings. The van der Waals surface area contributed by atoms with Crippen LogP contribution < -0.4 is 15.4 Å². The minimum Gasteiger partial charge on any atom is -0.497 e. The fourth-order valence-corrected chi connectivity index (χ4v) is 2.63. The second-order valence-electron chi connectivity index (χ2n) is 4.81. The van der Waals surface area contributed by atoms with Crippen LogP contribution in [0.5, 0.6) is 5.75 Å². The van der Waals surface area contributed by atoms with E-state index in [9.17, 15) is 8.42 Å². The minimum absolute atomic E-state index is 0.204. The Labute approximate surface area is 121 Å². The molecule has 0 atom stereocenters. The van der Waals surface area contributed by atoms with E-state index in [1.165, 1.54) is 6.26 Å². The number of hydrogen-bond acceptors (Lipinski definition) is 5. The summed E-state index contributed by atoms with van der Waals surface area (Å²) >= 11 is 0. The van der Waals surface area contributed by atoms with Crippen LogP contribution in [0.4, 0.5) is 5.69 Å². The number of hydrogen-bond donors (Lipinski definition) is 1. The molecule has 0 bridgehead atoms. The summed E-state index contributed by atoms with van der Waals surface area (Å²) in [7, 11) is -1.28. The number of sulfone groups is 1. The average molecular weight is 300 g/mol. The van der Waals surface area contributed by atoms with Gasteiger partial charge in [0.1, 0.15) is 15.6 Å². The predicted octanol–water partition coefficient (Wildman–Crippen LogP) is 1.29. The lowest BCUT2D eigenvalue weighted by molar-refractivity contribution is 0.414. The highest BCUT2D eigenvalue weighted by Gasteiger charge is 2.09. The van der Waals surface area contributed by atoms with Gasteiger partial charge in [0, 0.05) is 31.1 Å². The van der Waals surface area contributed by atoms with Gasteiger partial charge in [0.2, 0.25) is 0 Å². The summed E-state index contributed by atoms with van der Waals surface area (Å²) in [5, 5.41) is 0. The Bertz CT molecular complexity index is 503. The summed E-state index contributed by atoms with van der Waals surface area (Å²) in [6.07, 6.45) is 2.75. The van der Waals surface area contributed by atoms with E-state index in [0.717, 1.165) is 24.4 Å². The summed E-state index contributed by atoms with van der Waals surface area (Å²) in [6, 6.07) is 7.78. The maximum Gasteiger partial charge on any atom is 0.147 e. The fraction of sp³-hybridized carbons (Fsp3) is 0.571. The van der Waals surface area contributed by atoms with Gasteiger partial charge in [0.25, 0.3) is 0 Å². The van der Waals surface area contributed by atoms with Gasteiger partial charge >= 0.3 is 0 Å². The Morgan fingerprint density at radius 3 is 2.55 bits per heavy atom. The van der Waals surface area contributed by atoms with Crippen LogP contribution in [-0.2, 0) is 9.84 Å². The summed E-state index contributed by atoms with van der Waals surface area (Å²) in [5.74, 6) is 0.999. The van der Waals surface area contributed by atoms with Gasteiger partial charge in [-0.1, -0.05) is 6.07 Å². The molecular formula is C14H24N2O3S. The summed E-state index contributed by atoms with van der Waals surface area (Å²) in [4.78, 5) is 2.15. The normalized spacial score (nSPS) is 11.3. The molecule has 20 heavy (non-hydrogen) atoms. The quantitative estimate of drug-likeness (QED) is 0.744. The van der Waals surface area contributed by atoms with Gasteiger partial charge in [0.05, 0.1) is 12.9 Å². The second-order valence-corrected chi connectivity index (χ2v) is 7.07. The molecule has 1 rings (SSSR count). The first kappa shape index (κ1) is 16.8. The standard InChI is InChI=1S/C14H24N2O3S/c1-19-14-7-3-6-13(12-14)16(9-4-8-15)10-5-11-20(2,17)18/h3,6-7,12H,4-5,8-11,15H2,1-2H3. The Balaban J connectivity index is 2.71. The zero-order chi connectivity index (χ0) is 15.0. The van der Waals surface area contributed by atoms with Crippen LogP contribution in [0.25, 0.3) is 0 Å². The van der Waals surface area contributed by atoms with Gasteiger partial charge in [-0.2, -0.15) is 0 Å². The van der Waals surface area contributed by atoms with Crippen LogP contribution in [0.1, 0.15) is 12.8 Å². The minimum atomic E-state index is -2.91. The van der Waals surface area contributed by atoms with Gasteiger partial charge in [-0.3, -0.25) is 0 Å². The van der Waals surface area contributed by atoms with Crippen molar-refractivity contribution in [1.82, 2.24) is 0 Å². The molecule has 0 unspecified atom stereocenters. The zero-order valence-corrected chi connectivity index (χ0v) is 13.0. The van der Waals surface area contributed by atoms with Crippen molar-refractivity contribution in [2.75, 3.05) is 43.7 Å². The number of nitrogens with two attached hydrogens (primary N) is 1. The highest BCUT2D eigenvalue weighted by molar-refractivity contribution is 7.90. The molecular weight excluding hydrogens is 276 g/mol. The Kier molecular flexibility index (Phi) is 6.81. The molecule has 0 radical (unpaired) electrons. The molecule has 0 aliphatic heterocycles. The first-order valence-corrected chi connectivity index (χ1v) is 8.79. The van der Waals surface area contributed by atoms with Crippen LogP contribution in [0.3, 0.4) is 0 Å². The molecule has 5 nitrogen and oxygen atoms in total. The van der Waals surface area contributed by atoms with Gasteiger partial charge in [-0.15, -0.1) is 0 Å². The highest BCUT2D eigenvalue weighted by atomic mass is 32.2. The topological polar surface area (TPSA) is 72.6 Å². The maximum atomic E-state index is 11.2. The third kappa shape index (κ3) is 6.25. The molecule has 1 aromatic carbocycles. The summed E-state index contributed by atoms with van der Waals surface area (Å²) in [6.45, 7) is 2.13. The van der Waals surface area contributed by atoms with E-state index in [4.69, 9.17) is 10.5 Å². The monoisotopic (exact) mass is 300 g/mol. The van der Waals surface area contributed by atoms with Crippen LogP contribution in [0.2, 0.25) is 0 Å². The number of ether oxygens (including phenoxy) is 1. The first-order valence-electron chi connectivity index (χ1n) is 6.73. The molecule has 0 aliphatic rings. The Morgan fingerprint density at radius 2 is 1.95 bits per heavy atom. The molecule has 0 saturated heterocycles. The number of rotatable bonds is 9. The van der Waals surface area contributed by atoms with Gasteiger partial charge < -0.3 is 15.4 Å². The molecule has 0 aromatic heterocycles. The van der Waals surface area contributed by atoms with Crippen LogP contribution >= 0.6 is 0 Å². The van der Waals surface area contributed by atoms with Crippen molar-refractivity contribution < 1.29 is 13.2 Å². The average Bonchev–Trinajstić information content (AvgIpc) is 2.41. The lowest BCUT2D eigenvalue weighted by atomic mass is 10.2. The van der Waals surface area contributed by atoms with Crippen molar-refractivity contribution in [2.24, 2.45) is 5.73 Å². The predicted molar refractivity (Wildman–Crippen MR) is 83.2 cm³/mol. The molecule has 0 aliphatic carbocycles. The molecule has 0 fully saturated rings. The van der Waals surface area contributed by atoms with Crippen molar-refractivity contribution in [3.63, 3.8) is 0 Å². The number of methoxy groups -OCH3 is 1. The van der Waals surface area contributed by atoms with Crippen LogP contribution in [-0.4, -0.2) is 47.2 Å². The molecule has 0 heterocycles. The van der Waals surface area contributed by atoms with Crippen molar-refractivity contribution in [3.8, 4) is 5.75 Å². The van der Waals surface area contributed by atoms with E-state index in [-0.39, 0.29) is 5.75 Å². The number of nitrogens with zero attached hydrogens (tertiary/aromatic N) is 1. The highest BCUT2D eigenvalue weighted by Crippen LogP contribution is 2.21. The fourth-order valence-electron chi connectivity index (χ4n) is 1.98. The Hall–Kier alpha value is -1.27. The molecule has 2 N–H and O–H groups in total. The zero-order valence-electron chi connectivity index (χ0n) is 12.2. The van der Waals surface area contributed by atoms with Crippen molar-refractivity contribution in [1.29, 1.82) is 0 Å². The first-order chi connectivity index (χ1) is 9.46. The lowest BCUT2D eigenvalue weighted by Gasteiger charge is -2.25. The second kappa shape index (κ2) is 8.11. The SMILES string of the molecule is COc1cccc(N(CCCN)CCCS(C)(=O)=O)c1. The molecule has 6 heteroatoms. The maximum absolute atomic E-state index is 11.2. The lowest BCUT2D eigenvalue weighted by Crippen LogP contribution is -2.28. The number of benzene rings is 1. The third-order valence-electron chi connectivity index (χ3n) is 2.99. The van der Waals surface area contributed by atoms with E-state index in [1.807, 2.05) is 24.3 Å². The van der Waals surface area contributed by atoms with E-state index in [2.05, 4.69) is 4.90 Å². The molecule has 0 saturated carbocycles. The van der Waals surface area contributed by atoms with E-state index < -0.39 is 9.84 Å². The largest absolute Gasteiger partial charge is 0.497 e. The smallest absolute Gasteiger partial charge is 0.147 e. The third-order valence-corrected chi connectivity index (χ3v) is 4.02. The van der Waals surface area contributed by atoms with Crippen molar-refractivity contribution >= 4 is 15.5 Å². The van der Waals surface area contributed by atoms with E-state index in [1.54, 1.807) is 7.11 Å². The van der Waals surface area contributed by atoms with E-state index in [0.29, 0.717) is 19.5 Å². The van der Waals surface area contributed by atoms with E-state index >= 15 is 0 Å².